The lowest BCUT2D eigenvalue weighted by Gasteiger charge is -2.09. The molecule has 2 heterocycles. The van der Waals surface area contributed by atoms with E-state index in [-0.39, 0.29) is 11.6 Å². The zero-order valence-electron chi connectivity index (χ0n) is 16.0. The van der Waals surface area contributed by atoms with Crippen LogP contribution in [0, 0.1) is 20.8 Å². The Morgan fingerprint density at radius 2 is 1.72 bits per heavy atom. The molecule has 4 rings (SSSR count). The molecule has 0 aliphatic heterocycles. The number of hydrogen-bond acceptors (Lipinski definition) is 4. The van der Waals surface area contributed by atoms with Crippen molar-refractivity contribution >= 4 is 40.4 Å². The van der Waals surface area contributed by atoms with Gasteiger partial charge >= 0.3 is 0 Å². The van der Waals surface area contributed by atoms with Crippen LogP contribution in [0.5, 0.6) is 0 Å². The molecule has 0 aliphatic carbocycles. The molecule has 0 aliphatic rings. The molecule has 0 atom stereocenters. The molecule has 0 unspecified atom stereocenters. The van der Waals surface area contributed by atoms with E-state index >= 15 is 0 Å². The summed E-state index contributed by atoms with van der Waals surface area (Å²) in [6, 6.07) is 12.7. The number of nitrogens with zero attached hydrogens (tertiary/aromatic N) is 4. The maximum absolute atomic E-state index is 12.8. The molecule has 0 bridgehead atoms. The van der Waals surface area contributed by atoms with Gasteiger partial charge in [-0.2, -0.15) is 5.10 Å². The Hall–Kier alpha value is -2.96. The number of hydrogen-bond donors (Lipinski definition) is 1. The summed E-state index contributed by atoms with van der Waals surface area (Å²) in [5, 5.41) is 17.2. The summed E-state index contributed by atoms with van der Waals surface area (Å²) in [5.74, 6) is -0.361. The summed E-state index contributed by atoms with van der Waals surface area (Å²) >= 11 is 12.0. The number of carbonyl (C=O) groups excluding carboxylic acids is 1. The molecule has 2 aromatic carbocycles. The van der Waals surface area contributed by atoms with Crippen molar-refractivity contribution in [2.75, 3.05) is 5.32 Å². The van der Waals surface area contributed by atoms with Crippen molar-refractivity contribution in [2.24, 2.45) is 0 Å². The van der Waals surface area contributed by atoms with Crippen LogP contribution in [0.2, 0.25) is 10.0 Å². The molecule has 0 fully saturated rings. The van der Waals surface area contributed by atoms with Gasteiger partial charge in [-0.1, -0.05) is 35.3 Å². The maximum Gasteiger partial charge on any atom is 0.278 e. The van der Waals surface area contributed by atoms with Gasteiger partial charge in [0.25, 0.3) is 5.91 Å². The van der Waals surface area contributed by atoms with Crippen LogP contribution in [0.25, 0.3) is 16.8 Å². The van der Waals surface area contributed by atoms with Crippen LogP contribution in [0.3, 0.4) is 0 Å². The monoisotopic (exact) mass is 425 g/mol. The summed E-state index contributed by atoms with van der Waals surface area (Å²) < 4.78 is 1.65. The second-order valence-electron chi connectivity index (χ2n) is 6.75. The topological polar surface area (TPSA) is 72.2 Å². The van der Waals surface area contributed by atoms with Gasteiger partial charge < -0.3 is 5.32 Å². The van der Waals surface area contributed by atoms with Crippen LogP contribution in [0.15, 0.2) is 42.5 Å². The molecular weight excluding hydrogens is 409 g/mol. The van der Waals surface area contributed by atoms with E-state index in [9.17, 15) is 4.79 Å². The van der Waals surface area contributed by atoms with Crippen molar-refractivity contribution in [3.05, 3.63) is 75.2 Å². The number of fused-ring (bicyclic) bond motifs is 1. The molecule has 0 saturated carbocycles. The zero-order chi connectivity index (χ0) is 20.7. The Morgan fingerprint density at radius 3 is 2.41 bits per heavy atom. The van der Waals surface area contributed by atoms with Gasteiger partial charge in [-0.3, -0.25) is 4.79 Å². The highest BCUT2D eigenvalue weighted by Gasteiger charge is 2.20. The first-order valence-electron chi connectivity index (χ1n) is 8.91. The van der Waals surface area contributed by atoms with Crippen LogP contribution in [-0.4, -0.2) is 25.7 Å². The Balaban J connectivity index is 1.73. The summed E-state index contributed by atoms with van der Waals surface area (Å²) in [4.78, 5) is 12.8. The fraction of sp³-hybridized carbons (Fsp3) is 0.143. The molecule has 29 heavy (non-hydrogen) atoms. The van der Waals surface area contributed by atoms with Crippen molar-refractivity contribution in [1.82, 2.24) is 19.8 Å². The van der Waals surface area contributed by atoms with Gasteiger partial charge in [0.05, 0.1) is 17.0 Å². The molecule has 8 heteroatoms. The lowest BCUT2D eigenvalue weighted by atomic mass is 10.1. The van der Waals surface area contributed by atoms with E-state index in [1.54, 1.807) is 29.6 Å². The highest BCUT2D eigenvalue weighted by Crippen LogP contribution is 2.29. The number of anilines is 1. The number of amides is 1. The molecule has 1 amide bonds. The van der Waals surface area contributed by atoms with Crippen molar-refractivity contribution in [2.45, 2.75) is 20.8 Å². The SMILES string of the molecule is Cc1cc(NC(=O)c2nnc3c(-c4ccc(Cl)cc4)c(C)nn3c2C)ccc1Cl. The zero-order valence-corrected chi connectivity index (χ0v) is 17.5. The van der Waals surface area contributed by atoms with Crippen LogP contribution < -0.4 is 5.32 Å². The van der Waals surface area contributed by atoms with Crippen molar-refractivity contribution in [3.63, 3.8) is 0 Å². The summed E-state index contributed by atoms with van der Waals surface area (Å²) in [5.41, 5.74) is 5.48. The molecule has 146 valence electrons. The molecule has 1 N–H and O–H groups in total. The predicted molar refractivity (Wildman–Crippen MR) is 115 cm³/mol. The van der Waals surface area contributed by atoms with Crippen LogP contribution in [0.4, 0.5) is 5.69 Å². The van der Waals surface area contributed by atoms with Crippen molar-refractivity contribution < 1.29 is 4.79 Å². The van der Waals surface area contributed by atoms with E-state index in [4.69, 9.17) is 23.2 Å². The minimum absolute atomic E-state index is 0.204. The third-order valence-electron chi connectivity index (χ3n) is 4.70. The number of rotatable bonds is 3. The number of nitrogens with one attached hydrogen (secondary N) is 1. The Labute approximate surface area is 177 Å². The number of carbonyl (C=O) groups is 1. The average molecular weight is 426 g/mol. The lowest BCUT2D eigenvalue weighted by Crippen LogP contribution is -2.18. The Kier molecular flexibility index (Phi) is 4.98. The molecule has 0 spiro atoms. The van der Waals surface area contributed by atoms with Crippen LogP contribution >= 0.6 is 23.2 Å². The lowest BCUT2D eigenvalue weighted by molar-refractivity contribution is 0.102. The standard InChI is InChI=1S/C21H17Cl2N5O/c1-11-10-16(8-9-17(11)23)24-21(29)19-13(3)28-20(26-25-19)18(12(2)27-28)14-4-6-15(22)7-5-14/h4-10H,1-3H3,(H,24,29). The Bertz CT molecular complexity index is 1250. The van der Waals surface area contributed by atoms with Gasteiger partial charge in [-0.25, -0.2) is 4.52 Å². The first-order chi connectivity index (χ1) is 13.8. The molecule has 0 radical (unpaired) electrons. The Morgan fingerprint density at radius 1 is 1.00 bits per heavy atom. The number of halogens is 2. The van der Waals surface area contributed by atoms with Gasteiger partial charge in [0.1, 0.15) is 0 Å². The van der Waals surface area contributed by atoms with Gasteiger partial charge in [0.2, 0.25) is 0 Å². The van der Waals surface area contributed by atoms with Crippen LogP contribution in [-0.2, 0) is 0 Å². The van der Waals surface area contributed by atoms with E-state index in [1.165, 1.54) is 0 Å². The fourth-order valence-corrected chi connectivity index (χ4v) is 3.43. The first kappa shape index (κ1) is 19.4. The quantitative estimate of drug-likeness (QED) is 0.484. The molecule has 4 aromatic rings. The molecule has 2 aromatic heterocycles. The number of aromatic nitrogens is 4. The molecule has 0 saturated heterocycles. The maximum atomic E-state index is 12.8. The summed E-state index contributed by atoms with van der Waals surface area (Å²) in [7, 11) is 0. The summed E-state index contributed by atoms with van der Waals surface area (Å²) in [6.07, 6.45) is 0. The minimum Gasteiger partial charge on any atom is -0.321 e. The molecule has 6 nitrogen and oxygen atoms in total. The third kappa shape index (κ3) is 3.57. The van der Waals surface area contributed by atoms with Gasteiger partial charge in [-0.05, 0) is 62.2 Å². The van der Waals surface area contributed by atoms with Gasteiger partial charge in [0, 0.05) is 15.7 Å². The second kappa shape index (κ2) is 7.46. The minimum atomic E-state index is -0.361. The van der Waals surface area contributed by atoms with E-state index in [1.807, 2.05) is 38.1 Å². The van der Waals surface area contributed by atoms with Crippen molar-refractivity contribution in [1.29, 1.82) is 0 Å². The normalized spacial score (nSPS) is 11.1. The van der Waals surface area contributed by atoms with E-state index < -0.39 is 0 Å². The fourth-order valence-electron chi connectivity index (χ4n) is 3.19. The molecular formula is C21H17Cl2N5O. The summed E-state index contributed by atoms with van der Waals surface area (Å²) in [6.45, 7) is 5.57. The van der Waals surface area contributed by atoms with Crippen molar-refractivity contribution in [3.8, 4) is 11.1 Å². The average Bonchev–Trinajstić information content (AvgIpc) is 3.02. The smallest absolute Gasteiger partial charge is 0.278 e. The van der Waals surface area contributed by atoms with E-state index in [0.29, 0.717) is 27.1 Å². The third-order valence-corrected chi connectivity index (χ3v) is 5.38. The van der Waals surface area contributed by atoms with E-state index in [2.05, 4.69) is 20.6 Å². The number of benzene rings is 2. The number of aryl methyl sites for hydroxylation is 3. The predicted octanol–water partition coefficient (Wildman–Crippen LogP) is 5.28. The van der Waals surface area contributed by atoms with Gasteiger partial charge in [0.15, 0.2) is 11.3 Å². The van der Waals surface area contributed by atoms with E-state index in [0.717, 1.165) is 22.4 Å². The van der Waals surface area contributed by atoms with Crippen LogP contribution in [0.1, 0.15) is 27.4 Å². The highest BCUT2D eigenvalue weighted by molar-refractivity contribution is 6.31. The van der Waals surface area contributed by atoms with Gasteiger partial charge in [-0.15, -0.1) is 10.2 Å². The second-order valence-corrected chi connectivity index (χ2v) is 7.60. The largest absolute Gasteiger partial charge is 0.321 e. The first-order valence-corrected chi connectivity index (χ1v) is 9.67. The highest BCUT2D eigenvalue weighted by atomic mass is 35.5.